The van der Waals surface area contributed by atoms with Crippen LogP contribution in [0.1, 0.15) is 34.3 Å². The SMILES string of the molecule is CCCSc1ncc(Cl)c(C(=O)N[C@H](Cc2ccccc2)C(=O)O/N=C(/N)c2cccs2)n1. The van der Waals surface area contributed by atoms with Crippen molar-refractivity contribution in [3.8, 4) is 0 Å². The number of thioether (sulfide) groups is 1. The minimum atomic E-state index is -1.04. The molecule has 0 spiro atoms. The van der Waals surface area contributed by atoms with Crippen molar-refractivity contribution >= 4 is 52.4 Å². The summed E-state index contributed by atoms with van der Waals surface area (Å²) in [7, 11) is 0. The molecule has 0 unspecified atom stereocenters. The summed E-state index contributed by atoms with van der Waals surface area (Å²) < 4.78 is 0. The van der Waals surface area contributed by atoms with E-state index in [2.05, 4.69) is 20.4 Å². The summed E-state index contributed by atoms with van der Waals surface area (Å²) in [6.07, 6.45) is 2.48. The normalized spacial score (nSPS) is 12.2. The molecule has 0 radical (unpaired) electrons. The van der Waals surface area contributed by atoms with Gasteiger partial charge in [0.25, 0.3) is 5.91 Å². The summed E-state index contributed by atoms with van der Waals surface area (Å²) in [6.45, 7) is 2.03. The van der Waals surface area contributed by atoms with Crippen LogP contribution in [0.2, 0.25) is 5.02 Å². The zero-order valence-electron chi connectivity index (χ0n) is 17.7. The van der Waals surface area contributed by atoms with E-state index in [1.807, 2.05) is 42.6 Å². The Balaban J connectivity index is 1.78. The molecule has 0 aliphatic heterocycles. The highest BCUT2D eigenvalue weighted by atomic mass is 35.5. The number of amidine groups is 1. The summed E-state index contributed by atoms with van der Waals surface area (Å²) in [5.41, 5.74) is 6.67. The van der Waals surface area contributed by atoms with Crippen molar-refractivity contribution in [3.05, 3.63) is 75.2 Å². The van der Waals surface area contributed by atoms with Crippen molar-refractivity contribution in [1.29, 1.82) is 0 Å². The van der Waals surface area contributed by atoms with Gasteiger partial charge in [-0.2, -0.15) is 0 Å². The van der Waals surface area contributed by atoms with E-state index in [9.17, 15) is 9.59 Å². The number of hydrogen-bond donors (Lipinski definition) is 2. The minimum absolute atomic E-state index is 0.0160. The number of carbonyl (C=O) groups excluding carboxylic acids is 2. The van der Waals surface area contributed by atoms with Crippen LogP contribution < -0.4 is 11.1 Å². The predicted octanol–water partition coefficient (Wildman–Crippen LogP) is 3.90. The first kappa shape index (κ1) is 24.7. The molecule has 11 heteroatoms. The zero-order chi connectivity index (χ0) is 23.6. The molecule has 1 amide bonds. The Labute approximate surface area is 204 Å². The fourth-order valence-electron chi connectivity index (χ4n) is 2.67. The molecule has 3 aromatic rings. The van der Waals surface area contributed by atoms with Crippen LogP contribution in [0.15, 0.2) is 64.4 Å². The first-order valence-corrected chi connectivity index (χ1v) is 12.3. The van der Waals surface area contributed by atoms with E-state index in [-0.39, 0.29) is 23.0 Å². The summed E-state index contributed by atoms with van der Waals surface area (Å²) >= 11 is 8.94. The number of amides is 1. The lowest BCUT2D eigenvalue weighted by molar-refractivity contribution is -0.145. The molecule has 1 aromatic carbocycles. The van der Waals surface area contributed by atoms with Crippen LogP contribution in [-0.4, -0.2) is 39.5 Å². The summed E-state index contributed by atoms with van der Waals surface area (Å²) in [5, 5.41) is 8.73. The second-order valence-corrected chi connectivity index (χ2v) is 9.19. The van der Waals surface area contributed by atoms with Gasteiger partial charge in [-0.1, -0.05) is 71.8 Å². The number of oxime groups is 1. The molecule has 172 valence electrons. The average Bonchev–Trinajstić information content (AvgIpc) is 3.37. The monoisotopic (exact) mass is 503 g/mol. The van der Waals surface area contributed by atoms with E-state index in [1.54, 1.807) is 12.1 Å². The van der Waals surface area contributed by atoms with Gasteiger partial charge in [0.15, 0.2) is 16.7 Å². The lowest BCUT2D eigenvalue weighted by atomic mass is 10.1. The topological polar surface area (TPSA) is 120 Å². The quantitative estimate of drug-likeness (QED) is 0.107. The Bertz CT molecular complexity index is 1110. The van der Waals surface area contributed by atoms with Gasteiger partial charge >= 0.3 is 5.97 Å². The van der Waals surface area contributed by atoms with E-state index in [1.165, 1.54) is 29.3 Å². The van der Waals surface area contributed by atoms with Crippen LogP contribution in [0.25, 0.3) is 0 Å². The van der Waals surface area contributed by atoms with Gasteiger partial charge in [-0.3, -0.25) is 4.79 Å². The van der Waals surface area contributed by atoms with Crippen molar-refractivity contribution in [2.75, 3.05) is 5.75 Å². The Hall–Kier alpha value is -2.95. The van der Waals surface area contributed by atoms with Gasteiger partial charge in [-0.15, -0.1) is 11.3 Å². The Morgan fingerprint density at radius 2 is 2.06 bits per heavy atom. The Kier molecular flexibility index (Phi) is 9.23. The highest BCUT2D eigenvalue weighted by Crippen LogP contribution is 2.19. The average molecular weight is 504 g/mol. The van der Waals surface area contributed by atoms with Crippen molar-refractivity contribution in [2.45, 2.75) is 31.0 Å². The molecule has 2 aromatic heterocycles. The van der Waals surface area contributed by atoms with Crippen molar-refractivity contribution in [1.82, 2.24) is 15.3 Å². The maximum Gasteiger partial charge on any atom is 0.357 e. The molecule has 0 fully saturated rings. The van der Waals surface area contributed by atoms with E-state index >= 15 is 0 Å². The van der Waals surface area contributed by atoms with E-state index < -0.39 is 17.9 Å². The van der Waals surface area contributed by atoms with Crippen molar-refractivity contribution < 1.29 is 14.4 Å². The number of rotatable bonds is 10. The van der Waals surface area contributed by atoms with Gasteiger partial charge in [-0.05, 0) is 23.4 Å². The molecule has 33 heavy (non-hydrogen) atoms. The molecule has 2 heterocycles. The van der Waals surface area contributed by atoms with Gasteiger partial charge in [-0.25, -0.2) is 14.8 Å². The molecule has 8 nitrogen and oxygen atoms in total. The summed E-state index contributed by atoms with van der Waals surface area (Å²) in [6, 6.07) is 11.7. The van der Waals surface area contributed by atoms with Gasteiger partial charge in [0.1, 0.15) is 6.04 Å². The number of nitrogens with two attached hydrogens (primary N) is 1. The molecular weight excluding hydrogens is 482 g/mol. The largest absolute Gasteiger partial charge is 0.380 e. The summed E-state index contributed by atoms with van der Waals surface area (Å²) in [4.78, 5) is 39.9. The number of halogens is 1. The smallest absolute Gasteiger partial charge is 0.357 e. The van der Waals surface area contributed by atoms with E-state index in [0.29, 0.717) is 10.0 Å². The molecule has 3 N–H and O–H groups in total. The Morgan fingerprint density at radius 1 is 1.27 bits per heavy atom. The predicted molar refractivity (Wildman–Crippen MR) is 131 cm³/mol. The van der Waals surface area contributed by atoms with Gasteiger partial charge in [0, 0.05) is 12.2 Å². The minimum Gasteiger partial charge on any atom is -0.380 e. The molecule has 0 aliphatic rings. The molecule has 0 saturated heterocycles. The molecule has 1 atom stereocenters. The van der Waals surface area contributed by atoms with Crippen LogP contribution in [0.3, 0.4) is 0 Å². The maximum absolute atomic E-state index is 13.0. The standard InChI is InChI=1S/C22H22ClN5O3S2/c1-2-10-33-22-25-13-15(23)18(27-22)20(29)26-16(12-14-7-4-3-5-8-14)21(30)31-28-19(24)17-9-6-11-32-17/h3-9,11,13,16H,2,10,12H2,1H3,(H2,24,28)(H,26,29)/t16-/m1/s1. The maximum atomic E-state index is 13.0. The third-order valence-corrected chi connectivity index (χ3v) is 6.49. The molecule has 3 rings (SSSR count). The number of nitrogens with one attached hydrogen (secondary N) is 1. The fraction of sp³-hybridized carbons (Fsp3) is 0.227. The van der Waals surface area contributed by atoms with Crippen LogP contribution in [0.4, 0.5) is 0 Å². The van der Waals surface area contributed by atoms with Crippen LogP contribution in [-0.2, 0) is 16.1 Å². The van der Waals surface area contributed by atoms with E-state index in [0.717, 1.165) is 17.7 Å². The first-order valence-electron chi connectivity index (χ1n) is 10.1. The molecule has 0 aliphatic carbocycles. The third kappa shape index (κ3) is 7.28. The lowest BCUT2D eigenvalue weighted by Crippen LogP contribution is -2.43. The number of nitrogens with zero attached hydrogens (tertiary/aromatic N) is 3. The number of benzene rings is 1. The second kappa shape index (κ2) is 12.3. The highest BCUT2D eigenvalue weighted by Gasteiger charge is 2.26. The fourth-order valence-corrected chi connectivity index (χ4v) is 4.14. The number of carbonyl (C=O) groups is 2. The van der Waals surface area contributed by atoms with Crippen molar-refractivity contribution in [3.63, 3.8) is 0 Å². The van der Waals surface area contributed by atoms with Crippen LogP contribution in [0.5, 0.6) is 0 Å². The number of thiophene rings is 1. The van der Waals surface area contributed by atoms with Gasteiger partial charge < -0.3 is 15.9 Å². The summed E-state index contributed by atoms with van der Waals surface area (Å²) in [5.74, 6) is -0.513. The van der Waals surface area contributed by atoms with E-state index in [4.69, 9.17) is 22.2 Å². The lowest BCUT2D eigenvalue weighted by Gasteiger charge is -2.16. The van der Waals surface area contributed by atoms with Gasteiger partial charge in [0.05, 0.1) is 16.1 Å². The third-order valence-electron chi connectivity index (χ3n) is 4.25. The highest BCUT2D eigenvalue weighted by molar-refractivity contribution is 7.99. The van der Waals surface area contributed by atoms with Gasteiger partial charge in [0.2, 0.25) is 0 Å². The van der Waals surface area contributed by atoms with Crippen LogP contribution >= 0.6 is 34.7 Å². The Morgan fingerprint density at radius 3 is 2.76 bits per heavy atom. The zero-order valence-corrected chi connectivity index (χ0v) is 20.1. The number of aromatic nitrogens is 2. The number of hydrogen-bond acceptors (Lipinski definition) is 8. The second-order valence-electron chi connectivity index (χ2n) is 6.78. The van der Waals surface area contributed by atoms with Crippen LogP contribution in [0, 0.1) is 0 Å². The first-order chi connectivity index (χ1) is 16.0. The molecule has 0 bridgehead atoms. The molecule has 0 saturated carbocycles. The molecular formula is C22H22ClN5O3S2. The van der Waals surface area contributed by atoms with Crippen molar-refractivity contribution in [2.24, 2.45) is 10.9 Å².